The summed E-state index contributed by atoms with van der Waals surface area (Å²) in [6.07, 6.45) is 5.39. The first-order valence-electron chi connectivity index (χ1n) is 12.3. The topological polar surface area (TPSA) is 130 Å². The van der Waals surface area contributed by atoms with Crippen LogP contribution in [-0.4, -0.2) is 52.8 Å². The molecule has 0 saturated carbocycles. The maximum atomic E-state index is 13.2. The second-order valence-electron chi connectivity index (χ2n) is 8.86. The van der Waals surface area contributed by atoms with Gasteiger partial charge in [0.15, 0.2) is 5.54 Å². The summed E-state index contributed by atoms with van der Waals surface area (Å²) in [5.41, 5.74) is 0.640. The fraction of sp³-hybridized carbons (Fsp3) is 0.207. The number of halogens is 1. The Morgan fingerprint density at radius 1 is 1.00 bits per heavy atom. The van der Waals surface area contributed by atoms with Crippen LogP contribution in [-0.2, 0) is 19.1 Å². The number of aliphatic imine (C=N–C) groups is 1. The van der Waals surface area contributed by atoms with Gasteiger partial charge in [-0.15, -0.1) is 0 Å². The molecule has 0 aliphatic carbocycles. The van der Waals surface area contributed by atoms with Crippen LogP contribution in [0.25, 0.3) is 11.1 Å². The van der Waals surface area contributed by atoms with Crippen molar-refractivity contribution in [2.45, 2.75) is 24.4 Å². The van der Waals surface area contributed by atoms with Crippen LogP contribution >= 0.6 is 0 Å². The number of esters is 1. The number of carboxylic acid groups (broad SMARTS) is 1. The second-order valence-corrected chi connectivity index (χ2v) is 8.86. The number of carbonyl (C=O) groups excluding carboxylic acids is 2. The summed E-state index contributed by atoms with van der Waals surface area (Å²) >= 11 is 0. The molecule has 0 spiro atoms. The molecule has 2 atom stereocenters. The van der Waals surface area contributed by atoms with E-state index in [-0.39, 0.29) is 25.3 Å². The molecular weight excluding hydrogens is 503 g/mol. The van der Waals surface area contributed by atoms with Crippen LogP contribution in [0.4, 0.5) is 10.2 Å². The number of rotatable bonds is 12. The van der Waals surface area contributed by atoms with Gasteiger partial charge in [0.25, 0.3) is 0 Å². The van der Waals surface area contributed by atoms with Crippen LogP contribution in [0.1, 0.15) is 24.4 Å². The number of allylic oxidation sites excluding steroid dienone is 1. The maximum absolute atomic E-state index is 13.2. The van der Waals surface area contributed by atoms with E-state index < -0.39 is 29.4 Å². The average Bonchev–Trinajstić information content (AvgIpc) is 3.41. The fourth-order valence-corrected chi connectivity index (χ4v) is 4.10. The first-order chi connectivity index (χ1) is 18.8. The molecule has 200 valence electrons. The molecule has 1 aliphatic rings. The van der Waals surface area contributed by atoms with Crippen LogP contribution in [0.2, 0.25) is 0 Å². The van der Waals surface area contributed by atoms with Crippen molar-refractivity contribution in [1.29, 1.82) is 0 Å². The van der Waals surface area contributed by atoms with Crippen molar-refractivity contribution in [3.05, 3.63) is 96.5 Å². The van der Waals surface area contributed by atoms with Crippen molar-refractivity contribution in [3.8, 4) is 11.1 Å². The Morgan fingerprint density at radius 2 is 1.72 bits per heavy atom. The molecule has 4 rings (SSSR count). The number of carboxylic acids is 1. The minimum atomic E-state index is -1.53. The smallest absolute Gasteiger partial charge is 0.338 e. The highest BCUT2D eigenvalue weighted by Crippen LogP contribution is 2.27. The van der Waals surface area contributed by atoms with E-state index in [4.69, 9.17) is 4.74 Å². The quantitative estimate of drug-likeness (QED) is 0.239. The van der Waals surface area contributed by atoms with Crippen LogP contribution < -0.4 is 10.6 Å². The highest BCUT2D eigenvalue weighted by atomic mass is 19.1. The van der Waals surface area contributed by atoms with Crippen LogP contribution in [0.5, 0.6) is 0 Å². The third-order valence-electron chi connectivity index (χ3n) is 6.06. The highest BCUT2D eigenvalue weighted by Gasteiger charge is 2.41. The molecule has 3 aromatic rings. The molecule has 2 heterocycles. The molecule has 10 heteroatoms. The summed E-state index contributed by atoms with van der Waals surface area (Å²) in [7, 11) is 0. The van der Waals surface area contributed by atoms with Gasteiger partial charge in [0.05, 0.1) is 25.4 Å². The van der Waals surface area contributed by atoms with E-state index in [1.54, 1.807) is 60.8 Å². The summed E-state index contributed by atoms with van der Waals surface area (Å²) in [4.78, 5) is 45.8. The summed E-state index contributed by atoms with van der Waals surface area (Å²) in [6, 6.07) is 17.5. The Bertz CT molecular complexity index is 1350. The summed E-state index contributed by atoms with van der Waals surface area (Å²) in [5, 5.41) is 15.2. The van der Waals surface area contributed by atoms with E-state index in [1.165, 1.54) is 24.4 Å². The lowest BCUT2D eigenvalue weighted by Crippen LogP contribution is -2.42. The highest BCUT2D eigenvalue weighted by molar-refractivity contribution is 5.96. The van der Waals surface area contributed by atoms with Gasteiger partial charge < -0.3 is 20.5 Å². The number of benzene rings is 2. The van der Waals surface area contributed by atoms with Crippen molar-refractivity contribution in [2.24, 2.45) is 4.99 Å². The number of hydrogen-bond acceptors (Lipinski definition) is 7. The molecule has 3 N–H and O–H groups in total. The standard InChI is InChI=1S/C29H27FN4O5/c30-23-11-9-21(10-12-23)20-5-7-22(8-6-20)24(18-27(36)37)34-26(35)19-29(13-3-15-33-29)28(38)39-17-16-32-25-4-1-2-14-31-25/h1-15,24H,16-19H2,(H,31,32)(H,34,35)(H,36,37). The van der Waals surface area contributed by atoms with Crippen LogP contribution in [0.3, 0.4) is 0 Å². The fourth-order valence-electron chi connectivity index (χ4n) is 4.10. The molecular formula is C29H27FN4O5. The molecule has 0 saturated heterocycles. The molecule has 39 heavy (non-hydrogen) atoms. The molecule has 0 fully saturated rings. The van der Waals surface area contributed by atoms with Gasteiger partial charge in [-0.1, -0.05) is 42.5 Å². The van der Waals surface area contributed by atoms with Gasteiger partial charge in [-0.05, 0) is 53.1 Å². The molecule has 0 bridgehead atoms. The largest absolute Gasteiger partial charge is 0.481 e. The number of anilines is 1. The monoisotopic (exact) mass is 530 g/mol. The van der Waals surface area contributed by atoms with Gasteiger partial charge in [0.1, 0.15) is 18.2 Å². The van der Waals surface area contributed by atoms with Gasteiger partial charge >= 0.3 is 11.9 Å². The summed E-state index contributed by atoms with van der Waals surface area (Å²) in [5.74, 6) is -2.06. The third kappa shape index (κ3) is 7.35. The Labute approximate surface area is 224 Å². The van der Waals surface area contributed by atoms with Crippen molar-refractivity contribution in [3.63, 3.8) is 0 Å². The van der Waals surface area contributed by atoms with Crippen molar-refractivity contribution in [1.82, 2.24) is 10.3 Å². The zero-order valence-corrected chi connectivity index (χ0v) is 20.9. The van der Waals surface area contributed by atoms with Gasteiger partial charge in [0, 0.05) is 12.4 Å². The second kappa shape index (κ2) is 12.6. The minimum Gasteiger partial charge on any atom is -0.481 e. The van der Waals surface area contributed by atoms with Crippen LogP contribution in [0, 0.1) is 5.82 Å². The van der Waals surface area contributed by atoms with Gasteiger partial charge in [-0.3, -0.25) is 14.6 Å². The third-order valence-corrected chi connectivity index (χ3v) is 6.06. The molecule has 2 unspecified atom stereocenters. The number of ether oxygens (including phenoxy) is 1. The van der Waals surface area contributed by atoms with Crippen molar-refractivity contribution >= 4 is 29.9 Å². The average molecular weight is 531 g/mol. The SMILES string of the molecule is O=C(O)CC(NC(=O)CC1(C(=O)OCCNc2ccccn2)C=CC=N1)c1ccc(-c2ccc(F)cc2)cc1. The summed E-state index contributed by atoms with van der Waals surface area (Å²) < 4.78 is 18.6. The first kappa shape index (κ1) is 27.2. The van der Waals surface area contributed by atoms with E-state index in [0.29, 0.717) is 17.9 Å². The molecule has 0 radical (unpaired) electrons. The Kier molecular flexibility index (Phi) is 8.78. The Morgan fingerprint density at radius 3 is 2.33 bits per heavy atom. The van der Waals surface area contributed by atoms with E-state index in [9.17, 15) is 23.9 Å². The van der Waals surface area contributed by atoms with Gasteiger partial charge in [-0.25, -0.2) is 14.2 Å². The minimum absolute atomic E-state index is 0.0319. The zero-order valence-electron chi connectivity index (χ0n) is 20.9. The number of nitrogens with one attached hydrogen (secondary N) is 2. The maximum Gasteiger partial charge on any atom is 0.338 e. The number of aromatic nitrogens is 1. The molecule has 1 amide bonds. The van der Waals surface area contributed by atoms with E-state index in [0.717, 1.165) is 11.1 Å². The lowest BCUT2D eigenvalue weighted by atomic mass is 9.95. The molecule has 9 nitrogen and oxygen atoms in total. The predicted octanol–water partition coefficient (Wildman–Crippen LogP) is 3.94. The van der Waals surface area contributed by atoms with E-state index >= 15 is 0 Å². The number of hydrogen-bond donors (Lipinski definition) is 3. The molecule has 1 aromatic heterocycles. The number of pyridine rings is 1. The lowest BCUT2D eigenvalue weighted by Gasteiger charge is -2.24. The normalized spacial score (nSPS) is 16.4. The number of amides is 1. The molecule has 1 aliphatic heterocycles. The number of carbonyl (C=O) groups is 3. The van der Waals surface area contributed by atoms with Crippen LogP contribution in [0.15, 0.2) is 90.1 Å². The predicted molar refractivity (Wildman–Crippen MR) is 144 cm³/mol. The Hall–Kier alpha value is -4.86. The Balaban J connectivity index is 1.38. The van der Waals surface area contributed by atoms with Crippen molar-refractivity contribution in [2.75, 3.05) is 18.5 Å². The van der Waals surface area contributed by atoms with Crippen molar-refractivity contribution < 1.29 is 28.6 Å². The first-order valence-corrected chi connectivity index (χ1v) is 12.3. The zero-order chi connectivity index (χ0) is 27.7. The molecule has 2 aromatic carbocycles. The van der Waals surface area contributed by atoms with E-state index in [1.807, 2.05) is 6.07 Å². The number of aliphatic carboxylic acids is 1. The van der Waals surface area contributed by atoms with Gasteiger partial charge in [0.2, 0.25) is 5.91 Å². The number of nitrogens with zero attached hydrogens (tertiary/aromatic N) is 2. The van der Waals surface area contributed by atoms with E-state index in [2.05, 4.69) is 20.6 Å². The lowest BCUT2D eigenvalue weighted by molar-refractivity contribution is -0.149. The summed E-state index contributed by atoms with van der Waals surface area (Å²) in [6.45, 7) is 0.344. The van der Waals surface area contributed by atoms with Gasteiger partial charge in [-0.2, -0.15) is 0 Å².